The fourth-order valence-electron chi connectivity index (χ4n) is 1.33. The first kappa shape index (κ1) is 17.1. The molecule has 0 rings (SSSR count). The monoisotopic (exact) mass is 296 g/mol. The van der Waals surface area contributed by atoms with Crippen molar-refractivity contribution in [2.24, 2.45) is 0 Å². The molecule has 0 unspecified atom stereocenters. The van der Waals surface area contributed by atoms with Crippen molar-refractivity contribution < 1.29 is 0 Å². The van der Waals surface area contributed by atoms with E-state index in [1.54, 1.807) is 0 Å². The van der Waals surface area contributed by atoms with Crippen LogP contribution in [0.3, 0.4) is 0 Å². The Balaban J connectivity index is 4.33. The largest absolute Gasteiger partial charge is 0.135 e. The number of hydrogen-bond donors (Lipinski definition) is 2. The molecule has 0 N–H and O–H groups in total. The minimum absolute atomic E-state index is 0.678. The van der Waals surface area contributed by atoms with Gasteiger partial charge in [-0.1, -0.05) is 27.7 Å². The second kappa shape index (κ2) is 10.1. The number of thiol groups is 2. The number of hydrogen-bond acceptors (Lipinski definition) is 4. The molecular weight excluding hydrogens is 272 g/mol. The Hall–Kier alpha value is 1.14. The predicted molar refractivity (Wildman–Crippen MR) is 88.9 cm³/mol. The Morgan fingerprint density at radius 1 is 0.750 bits per heavy atom. The van der Waals surface area contributed by atoms with E-state index >= 15 is 0 Å². The van der Waals surface area contributed by atoms with Crippen LogP contribution >= 0.6 is 48.8 Å². The van der Waals surface area contributed by atoms with Gasteiger partial charge < -0.3 is 0 Å². The van der Waals surface area contributed by atoms with Gasteiger partial charge in [-0.05, 0) is 25.7 Å². The Labute approximate surface area is 121 Å². The van der Waals surface area contributed by atoms with E-state index in [0.29, 0.717) is 10.5 Å². The molecule has 0 aliphatic heterocycles. The van der Waals surface area contributed by atoms with Gasteiger partial charge in [0.25, 0.3) is 0 Å². The minimum Gasteiger partial charge on any atom is -0.135 e. The van der Waals surface area contributed by atoms with Gasteiger partial charge in [0.1, 0.15) is 0 Å². The van der Waals surface area contributed by atoms with Crippen LogP contribution in [0.5, 0.6) is 0 Å². The predicted octanol–water partition coefficient (Wildman–Crippen LogP) is 5.82. The first-order valence-corrected chi connectivity index (χ1v) is 8.69. The highest BCUT2D eigenvalue weighted by molar-refractivity contribution is 8.21. The van der Waals surface area contributed by atoms with Crippen molar-refractivity contribution in [2.75, 3.05) is 0 Å². The zero-order chi connectivity index (χ0) is 12.6. The molecule has 0 nitrogen and oxygen atoms in total. The van der Waals surface area contributed by atoms with Crippen LogP contribution < -0.4 is 0 Å². The van der Waals surface area contributed by atoms with Crippen molar-refractivity contribution in [3.8, 4) is 0 Å². The van der Waals surface area contributed by atoms with E-state index in [4.69, 9.17) is 0 Å². The molecule has 0 aromatic rings. The van der Waals surface area contributed by atoms with E-state index in [2.05, 4.69) is 53.0 Å². The third-order valence-electron chi connectivity index (χ3n) is 2.56. The second-order valence-corrected chi connectivity index (χ2v) is 7.84. The topological polar surface area (TPSA) is 0 Å². The molecule has 0 amide bonds. The molecule has 16 heavy (non-hydrogen) atoms. The van der Waals surface area contributed by atoms with Gasteiger partial charge in [-0.25, -0.2) is 0 Å². The molecule has 0 aromatic heterocycles. The number of rotatable bonds is 8. The molecule has 0 radical (unpaired) electrons. The number of thioether (sulfide) groups is 2. The SMILES string of the molecule is CCC(CC)S/C(S)=C(/S)SC(CC)CC. The lowest BCUT2D eigenvalue weighted by molar-refractivity contribution is 0.794. The molecule has 96 valence electrons. The fraction of sp³-hybridized carbons (Fsp3) is 0.833. The minimum atomic E-state index is 0.678. The fourth-order valence-corrected chi connectivity index (χ4v) is 4.33. The molecule has 0 atom stereocenters. The van der Waals surface area contributed by atoms with Crippen LogP contribution in [0.4, 0.5) is 0 Å². The maximum Gasteiger partial charge on any atom is 0.0572 e. The highest BCUT2D eigenvalue weighted by Crippen LogP contribution is 2.39. The third kappa shape index (κ3) is 6.77. The Kier molecular flexibility index (Phi) is 10.8. The third-order valence-corrected chi connectivity index (χ3v) is 7.10. The highest BCUT2D eigenvalue weighted by Gasteiger charge is 2.11. The van der Waals surface area contributed by atoms with Gasteiger partial charge in [-0.15, -0.1) is 48.8 Å². The quantitative estimate of drug-likeness (QED) is 0.542. The van der Waals surface area contributed by atoms with Gasteiger partial charge in [0.05, 0.1) is 8.47 Å². The molecule has 0 saturated heterocycles. The average molecular weight is 297 g/mol. The Morgan fingerprint density at radius 3 is 1.19 bits per heavy atom. The van der Waals surface area contributed by atoms with Crippen LogP contribution in [0.25, 0.3) is 0 Å². The van der Waals surface area contributed by atoms with E-state index in [0.717, 1.165) is 8.47 Å². The van der Waals surface area contributed by atoms with Crippen LogP contribution in [-0.4, -0.2) is 10.5 Å². The maximum absolute atomic E-state index is 4.57. The van der Waals surface area contributed by atoms with Crippen LogP contribution in [0.15, 0.2) is 8.47 Å². The highest BCUT2D eigenvalue weighted by atomic mass is 32.2. The molecule has 0 bridgehead atoms. The van der Waals surface area contributed by atoms with Gasteiger partial charge in [0.15, 0.2) is 0 Å². The van der Waals surface area contributed by atoms with Crippen molar-refractivity contribution in [1.82, 2.24) is 0 Å². The standard InChI is InChI=1S/C12H24S4/c1-5-9(6-2)15-11(13)12(14)16-10(7-3)8-4/h9-10,13-14H,5-8H2,1-4H3/b12-11-. The summed E-state index contributed by atoms with van der Waals surface area (Å²) in [6.45, 7) is 8.92. The van der Waals surface area contributed by atoms with Crippen molar-refractivity contribution in [2.45, 2.75) is 63.9 Å². The lowest BCUT2D eigenvalue weighted by Gasteiger charge is -2.16. The molecule has 4 heteroatoms. The smallest absolute Gasteiger partial charge is 0.0572 e. The molecule has 0 heterocycles. The van der Waals surface area contributed by atoms with Gasteiger partial charge in [-0.3, -0.25) is 0 Å². The molecule has 0 fully saturated rings. The zero-order valence-electron chi connectivity index (χ0n) is 10.7. The van der Waals surface area contributed by atoms with Gasteiger partial charge in [-0.2, -0.15) is 0 Å². The van der Waals surface area contributed by atoms with Crippen molar-refractivity contribution in [3.63, 3.8) is 0 Å². The zero-order valence-corrected chi connectivity index (χ0v) is 14.1. The Bertz CT molecular complexity index is 183. The van der Waals surface area contributed by atoms with Crippen molar-refractivity contribution in [1.29, 1.82) is 0 Å². The van der Waals surface area contributed by atoms with E-state index < -0.39 is 0 Å². The molecule has 0 spiro atoms. The maximum atomic E-state index is 4.57. The van der Waals surface area contributed by atoms with E-state index in [1.807, 2.05) is 23.5 Å². The average Bonchev–Trinajstić information content (AvgIpc) is 2.32. The Morgan fingerprint density at radius 2 is 1.00 bits per heavy atom. The lowest BCUT2D eigenvalue weighted by Crippen LogP contribution is -1.99. The first-order chi connectivity index (χ1) is 7.58. The summed E-state index contributed by atoms with van der Waals surface area (Å²) in [4.78, 5) is 0. The van der Waals surface area contributed by atoms with Gasteiger partial charge in [0, 0.05) is 10.5 Å². The molecule has 0 aliphatic rings. The van der Waals surface area contributed by atoms with E-state index in [9.17, 15) is 0 Å². The first-order valence-electron chi connectivity index (χ1n) is 6.04. The van der Waals surface area contributed by atoms with E-state index in [1.165, 1.54) is 25.7 Å². The van der Waals surface area contributed by atoms with Gasteiger partial charge in [0.2, 0.25) is 0 Å². The van der Waals surface area contributed by atoms with E-state index in [-0.39, 0.29) is 0 Å². The van der Waals surface area contributed by atoms with Crippen molar-refractivity contribution >= 4 is 48.8 Å². The van der Waals surface area contributed by atoms with Crippen LogP contribution in [0.1, 0.15) is 53.4 Å². The summed E-state index contributed by atoms with van der Waals surface area (Å²) in [5.74, 6) is 0. The normalized spacial score (nSPS) is 13.5. The summed E-state index contributed by atoms with van der Waals surface area (Å²) in [6, 6.07) is 0. The molecule has 0 aromatic carbocycles. The summed E-state index contributed by atoms with van der Waals surface area (Å²) < 4.78 is 2.18. The van der Waals surface area contributed by atoms with Crippen molar-refractivity contribution in [3.05, 3.63) is 8.47 Å². The summed E-state index contributed by atoms with van der Waals surface area (Å²) in [5.41, 5.74) is 0. The summed E-state index contributed by atoms with van der Waals surface area (Å²) in [7, 11) is 0. The molecule has 0 saturated carbocycles. The lowest BCUT2D eigenvalue weighted by atomic mass is 10.3. The molecular formula is C12H24S4. The second-order valence-electron chi connectivity index (χ2n) is 3.72. The van der Waals surface area contributed by atoms with Gasteiger partial charge >= 0.3 is 0 Å². The summed E-state index contributed by atoms with van der Waals surface area (Å²) in [5, 5.41) is 1.36. The molecule has 0 aliphatic carbocycles. The van der Waals surface area contributed by atoms with Crippen LogP contribution in [0, 0.1) is 0 Å². The summed E-state index contributed by atoms with van der Waals surface area (Å²) >= 11 is 12.9. The summed E-state index contributed by atoms with van der Waals surface area (Å²) in [6.07, 6.45) is 4.79. The van der Waals surface area contributed by atoms with Crippen LogP contribution in [-0.2, 0) is 0 Å². The van der Waals surface area contributed by atoms with Crippen LogP contribution in [0.2, 0.25) is 0 Å².